The Kier molecular flexibility index (Phi) is 2.77. The summed E-state index contributed by atoms with van der Waals surface area (Å²) >= 11 is 7.66. The van der Waals surface area contributed by atoms with Crippen LogP contribution in [0.2, 0.25) is 5.02 Å². The standard InChI is InChI=1S/C12H9ClN4S/c13-9-3-7(14)5-15-12(9)17-8-1-2-10-11(4-8)18-6-16-10/h1-6H,14H2,(H,15,17). The van der Waals surface area contributed by atoms with Crippen molar-refractivity contribution in [3.8, 4) is 0 Å². The summed E-state index contributed by atoms with van der Waals surface area (Å²) in [4.78, 5) is 8.39. The Labute approximate surface area is 112 Å². The summed E-state index contributed by atoms with van der Waals surface area (Å²) in [5.41, 5.74) is 9.88. The molecule has 90 valence electrons. The lowest BCUT2D eigenvalue weighted by molar-refractivity contribution is 1.31. The van der Waals surface area contributed by atoms with E-state index in [4.69, 9.17) is 17.3 Å². The number of hydrogen-bond donors (Lipinski definition) is 2. The molecule has 3 N–H and O–H groups in total. The number of anilines is 3. The molecule has 0 fully saturated rings. The van der Waals surface area contributed by atoms with Gasteiger partial charge in [-0.1, -0.05) is 11.6 Å². The number of rotatable bonds is 2. The van der Waals surface area contributed by atoms with E-state index in [1.807, 2.05) is 23.7 Å². The van der Waals surface area contributed by atoms with Crippen LogP contribution in [0, 0.1) is 0 Å². The molecule has 0 saturated carbocycles. The fourth-order valence-electron chi connectivity index (χ4n) is 1.61. The van der Waals surface area contributed by atoms with Crippen molar-refractivity contribution in [2.75, 3.05) is 11.1 Å². The second-order valence-electron chi connectivity index (χ2n) is 3.76. The lowest BCUT2D eigenvalue weighted by atomic mass is 10.3. The molecule has 0 radical (unpaired) electrons. The van der Waals surface area contributed by atoms with Gasteiger partial charge in [0.1, 0.15) is 5.82 Å². The van der Waals surface area contributed by atoms with Crippen LogP contribution in [0.5, 0.6) is 0 Å². The van der Waals surface area contributed by atoms with E-state index in [9.17, 15) is 0 Å². The highest BCUT2D eigenvalue weighted by Gasteiger charge is 2.04. The Balaban J connectivity index is 1.95. The molecule has 6 heteroatoms. The number of thiazole rings is 1. The Morgan fingerprint density at radius 1 is 1.22 bits per heavy atom. The third-order valence-electron chi connectivity index (χ3n) is 2.46. The van der Waals surface area contributed by atoms with Crippen molar-refractivity contribution in [1.82, 2.24) is 9.97 Å². The molecule has 0 atom stereocenters. The zero-order chi connectivity index (χ0) is 12.5. The van der Waals surface area contributed by atoms with Crippen LogP contribution in [-0.4, -0.2) is 9.97 Å². The van der Waals surface area contributed by atoms with Crippen LogP contribution in [0.25, 0.3) is 10.2 Å². The molecule has 0 aliphatic heterocycles. The number of nitrogens with one attached hydrogen (secondary N) is 1. The quantitative estimate of drug-likeness (QED) is 0.749. The van der Waals surface area contributed by atoms with E-state index in [1.54, 1.807) is 23.6 Å². The number of aromatic nitrogens is 2. The van der Waals surface area contributed by atoms with Crippen molar-refractivity contribution in [2.45, 2.75) is 0 Å². The Morgan fingerprint density at radius 3 is 2.94 bits per heavy atom. The minimum atomic E-state index is 0.499. The molecule has 0 amide bonds. The molecule has 0 spiro atoms. The first-order valence-electron chi connectivity index (χ1n) is 5.24. The molecule has 0 aliphatic carbocycles. The lowest BCUT2D eigenvalue weighted by Gasteiger charge is -2.07. The number of pyridine rings is 1. The van der Waals surface area contributed by atoms with Crippen molar-refractivity contribution in [1.29, 1.82) is 0 Å². The van der Waals surface area contributed by atoms with Crippen LogP contribution >= 0.6 is 22.9 Å². The number of nitrogens with two attached hydrogens (primary N) is 1. The van der Waals surface area contributed by atoms with Gasteiger partial charge in [0.15, 0.2) is 0 Å². The van der Waals surface area contributed by atoms with Crippen LogP contribution in [-0.2, 0) is 0 Å². The van der Waals surface area contributed by atoms with Crippen molar-refractivity contribution >= 4 is 50.3 Å². The van der Waals surface area contributed by atoms with Crippen LogP contribution in [0.15, 0.2) is 36.0 Å². The number of nitrogen functional groups attached to an aromatic ring is 1. The topological polar surface area (TPSA) is 63.8 Å². The Bertz CT molecular complexity index is 710. The maximum absolute atomic E-state index is 6.06. The van der Waals surface area contributed by atoms with Gasteiger partial charge < -0.3 is 11.1 Å². The zero-order valence-electron chi connectivity index (χ0n) is 9.22. The summed E-state index contributed by atoms with van der Waals surface area (Å²) in [6.45, 7) is 0. The average Bonchev–Trinajstić information content (AvgIpc) is 2.80. The van der Waals surface area contributed by atoms with Crippen molar-refractivity contribution < 1.29 is 0 Å². The van der Waals surface area contributed by atoms with Gasteiger partial charge in [0, 0.05) is 5.69 Å². The van der Waals surface area contributed by atoms with E-state index in [2.05, 4.69) is 15.3 Å². The molecule has 3 rings (SSSR count). The minimum absolute atomic E-state index is 0.499. The molecular formula is C12H9ClN4S. The second kappa shape index (κ2) is 4.44. The monoisotopic (exact) mass is 276 g/mol. The van der Waals surface area contributed by atoms with Gasteiger partial charge in [-0.05, 0) is 24.3 Å². The van der Waals surface area contributed by atoms with Gasteiger partial charge in [0.2, 0.25) is 0 Å². The summed E-state index contributed by atoms with van der Waals surface area (Å²) in [6.07, 6.45) is 1.57. The van der Waals surface area contributed by atoms with E-state index in [0.717, 1.165) is 15.9 Å². The number of benzene rings is 1. The maximum atomic E-state index is 6.06. The smallest absolute Gasteiger partial charge is 0.149 e. The molecule has 0 unspecified atom stereocenters. The highest BCUT2D eigenvalue weighted by molar-refractivity contribution is 7.16. The van der Waals surface area contributed by atoms with Crippen LogP contribution in [0.4, 0.5) is 17.2 Å². The van der Waals surface area contributed by atoms with Crippen LogP contribution in [0.3, 0.4) is 0 Å². The van der Waals surface area contributed by atoms with Crippen molar-refractivity contribution in [3.63, 3.8) is 0 Å². The van der Waals surface area contributed by atoms with Crippen molar-refractivity contribution in [3.05, 3.63) is 41.0 Å². The van der Waals surface area contributed by atoms with Crippen molar-refractivity contribution in [2.24, 2.45) is 0 Å². The molecule has 0 saturated heterocycles. The van der Waals surface area contributed by atoms with Gasteiger partial charge in [-0.15, -0.1) is 11.3 Å². The molecule has 18 heavy (non-hydrogen) atoms. The molecule has 2 heterocycles. The first-order chi connectivity index (χ1) is 8.72. The van der Waals surface area contributed by atoms with Gasteiger partial charge >= 0.3 is 0 Å². The molecule has 3 aromatic rings. The molecule has 0 aliphatic rings. The fourth-order valence-corrected chi connectivity index (χ4v) is 2.55. The fraction of sp³-hybridized carbons (Fsp3) is 0. The Morgan fingerprint density at radius 2 is 2.11 bits per heavy atom. The van der Waals surface area contributed by atoms with Gasteiger partial charge in [-0.25, -0.2) is 9.97 Å². The summed E-state index contributed by atoms with van der Waals surface area (Å²) in [7, 11) is 0. The normalized spacial score (nSPS) is 10.7. The lowest BCUT2D eigenvalue weighted by Crippen LogP contribution is -1.96. The van der Waals surface area contributed by atoms with E-state index in [1.165, 1.54) is 0 Å². The highest BCUT2D eigenvalue weighted by atomic mass is 35.5. The summed E-state index contributed by atoms with van der Waals surface area (Å²) < 4.78 is 1.12. The number of fused-ring (bicyclic) bond motifs is 1. The van der Waals surface area contributed by atoms with E-state index >= 15 is 0 Å². The predicted octanol–water partition coefficient (Wildman–Crippen LogP) is 3.67. The van der Waals surface area contributed by atoms with Gasteiger partial charge in [-0.2, -0.15) is 0 Å². The molecule has 2 aromatic heterocycles. The van der Waals surface area contributed by atoms with E-state index in [0.29, 0.717) is 16.5 Å². The van der Waals surface area contributed by atoms with E-state index < -0.39 is 0 Å². The maximum Gasteiger partial charge on any atom is 0.149 e. The van der Waals surface area contributed by atoms with Gasteiger partial charge in [0.25, 0.3) is 0 Å². The summed E-state index contributed by atoms with van der Waals surface area (Å²) in [5, 5.41) is 3.66. The van der Waals surface area contributed by atoms with Crippen LogP contribution < -0.4 is 11.1 Å². The first-order valence-corrected chi connectivity index (χ1v) is 6.49. The molecular weight excluding hydrogens is 268 g/mol. The first kappa shape index (κ1) is 11.3. The highest BCUT2D eigenvalue weighted by Crippen LogP contribution is 2.27. The SMILES string of the molecule is Nc1cnc(Nc2ccc3ncsc3c2)c(Cl)c1. The molecule has 0 bridgehead atoms. The molecule has 1 aromatic carbocycles. The minimum Gasteiger partial charge on any atom is -0.397 e. The molecule has 4 nitrogen and oxygen atoms in total. The second-order valence-corrected chi connectivity index (χ2v) is 5.05. The third-order valence-corrected chi connectivity index (χ3v) is 3.54. The van der Waals surface area contributed by atoms with Gasteiger partial charge in [-0.3, -0.25) is 0 Å². The van der Waals surface area contributed by atoms with E-state index in [-0.39, 0.29) is 0 Å². The summed E-state index contributed by atoms with van der Waals surface area (Å²) in [5.74, 6) is 0.592. The van der Waals surface area contributed by atoms with Gasteiger partial charge in [0.05, 0.1) is 32.6 Å². The largest absolute Gasteiger partial charge is 0.397 e. The number of halogens is 1. The third kappa shape index (κ3) is 2.10. The number of nitrogens with zero attached hydrogens (tertiary/aromatic N) is 2. The predicted molar refractivity (Wildman–Crippen MR) is 76.6 cm³/mol. The Hall–Kier alpha value is -1.85. The van der Waals surface area contributed by atoms with Crippen LogP contribution in [0.1, 0.15) is 0 Å². The number of hydrogen-bond acceptors (Lipinski definition) is 5. The average molecular weight is 277 g/mol. The zero-order valence-corrected chi connectivity index (χ0v) is 10.8. The summed E-state index contributed by atoms with van der Waals surface area (Å²) in [6, 6.07) is 7.58.